The van der Waals surface area contributed by atoms with Crippen LogP contribution < -0.4 is 4.74 Å². The van der Waals surface area contributed by atoms with Crippen LogP contribution in [0.15, 0.2) is 46.8 Å². The van der Waals surface area contributed by atoms with Crippen LogP contribution in [0.25, 0.3) is 0 Å². The van der Waals surface area contributed by atoms with Gasteiger partial charge in [-0.05, 0) is 48.3 Å². The molecule has 2 aliphatic carbocycles. The van der Waals surface area contributed by atoms with Crippen molar-refractivity contribution >= 4 is 17.5 Å². The second-order valence-corrected chi connectivity index (χ2v) is 11.0. The second-order valence-electron chi connectivity index (χ2n) is 11.0. The highest BCUT2D eigenvalue weighted by Gasteiger charge is 2.48. The molecule has 0 amide bonds. The molecule has 33 heavy (non-hydrogen) atoms. The number of hydrogen-bond donors (Lipinski definition) is 1. The zero-order valence-electron chi connectivity index (χ0n) is 20.2. The Kier molecular flexibility index (Phi) is 5.75. The summed E-state index contributed by atoms with van der Waals surface area (Å²) in [6, 6.07) is 7.16. The first kappa shape index (κ1) is 23.3. The maximum absolute atomic E-state index is 13.5. The molecule has 6 heteroatoms. The van der Waals surface area contributed by atoms with Crippen LogP contribution in [0.4, 0.5) is 0 Å². The third kappa shape index (κ3) is 4.35. The number of ether oxygens (including phenoxy) is 1. The highest BCUT2D eigenvalue weighted by atomic mass is 16.5. The minimum atomic E-state index is -1.04. The van der Waals surface area contributed by atoms with Gasteiger partial charge >= 0.3 is 5.97 Å². The van der Waals surface area contributed by atoms with Crippen molar-refractivity contribution < 1.29 is 24.2 Å². The molecule has 0 bridgehead atoms. The maximum atomic E-state index is 13.5. The van der Waals surface area contributed by atoms with Crippen molar-refractivity contribution in [2.24, 2.45) is 10.8 Å². The molecular formula is C27H33NO5. The van der Waals surface area contributed by atoms with Gasteiger partial charge in [0.2, 0.25) is 0 Å². The Morgan fingerprint density at radius 3 is 1.85 bits per heavy atom. The van der Waals surface area contributed by atoms with Crippen LogP contribution in [0.3, 0.4) is 0 Å². The molecule has 1 aromatic carbocycles. The lowest BCUT2D eigenvalue weighted by atomic mass is 9.63. The molecule has 1 N–H and O–H groups in total. The molecular weight excluding hydrogens is 418 g/mol. The summed E-state index contributed by atoms with van der Waals surface area (Å²) in [4.78, 5) is 40.1. The zero-order valence-corrected chi connectivity index (χ0v) is 20.2. The lowest BCUT2D eigenvalue weighted by Crippen LogP contribution is -2.44. The lowest BCUT2D eigenvalue weighted by molar-refractivity contribution is -0.139. The molecule has 0 saturated carbocycles. The first-order chi connectivity index (χ1) is 15.4. The number of Topliss-reactive ketones (excluding diaryl/α,β-unsaturated/α-hetero) is 2. The van der Waals surface area contributed by atoms with E-state index in [1.807, 2.05) is 12.1 Å². The molecule has 0 saturated heterocycles. The third-order valence-electron chi connectivity index (χ3n) is 6.91. The predicted octanol–water partition coefficient (Wildman–Crippen LogP) is 4.86. The molecule has 6 nitrogen and oxygen atoms in total. The molecule has 0 unspecified atom stereocenters. The highest BCUT2D eigenvalue weighted by Crippen LogP contribution is 2.54. The van der Waals surface area contributed by atoms with Gasteiger partial charge in [-0.3, -0.25) is 9.59 Å². The van der Waals surface area contributed by atoms with Crippen LogP contribution in [0.5, 0.6) is 5.75 Å². The smallest absolute Gasteiger partial charge is 0.341 e. The van der Waals surface area contributed by atoms with Crippen LogP contribution >= 0.6 is 0 Å². The SMILES string of the molecule is CCN1C2=C(C(=O)CC(C)(C)C2)C(c2ccc(OCC(=O)O)cc2)C2=C1CC(C)(C)CC2=O. The van der Waals surface area contributed by atoms with Crippen molar-refractivity contribution in [3.05, 3.63) is 52.4 Å². The fraction of sp³-hybridized carbons (Fsp3) is 0.519. The van der Waals surface area contributed by atoms with Gasteiger partial charge in [-0.15, -0.1) is 0 Å². The first-order valence-corrected chi connectivity index (χ1v) is 11.7. The van der Waals surface area contributed by atoms with E-state index >= 15 is 0 Å². The molecule has 1 aliphatic heterocycles. The molecule has 0 spiro atoms. The Balaban J connectivity index is 1.86. The Labute approximate surface area is 195 Å². The average molecular weight is 452 g/mol. The first-order valence-electron chi connectivity index (χ1n) is 11.7. The molecule has 1 aromatic rings. The number of rotatable bonds is 5. The number of carbonyl (C=O) groups is 3. The average Bonchev–Trinajstić information content (AvgIpc) is 2.69. The summed E-state index contributed by atoms with van der Waals surface area (Å²) in [5, 5.41) is 8.87. The van der Waals surface area contributed by atoms with E-state index in [0.29, 0.717) is 18.6 Å². The number of carbonyl (C=O) groups excluding carboxylic acids is 2. The summed E-state index contributed by atoms with van der Waals surface area (Å²) < 4.78 is 5.29. The standard InChI is InChI=1S/C27H33NO5/c1-6-28-18-11-26(2,3)13-20(29)24(18)23(25-19(28)12-27(4,5)14-21(25)30)16-7-9-17(10-8-16)33-15-22(31)32/h7-10,23H,6,11-15H2,1-5H3,(H,31,32). The topological polar surface area (TPSA) is 83.9 Å². The fourth-order valence-electron chi connectivity index (χ4n) is 5.66. The van der Waals surface area contributed by atoms with Crippen molar-refractivity contribution in [1.29, 1.82) is 0 Å². The van der Waals surface area contributed by atoms with E-state index in [1.165, 1.54) is 0 Å². The van der Waals surface area contributed by atoms with Crippen molar-refractivity contribution in [1.82, 2.24) is 4.90 Å². The number of benzene rings is 1. The summed E-state index contributed by atoms with van der Waals surface area (Å²) in [5.41, 5.74) is 4.22. The van der Waals surface area contributed by atoms with E-state index in [-0.39, 0.29) is 22.4 Å². The molecule has 0 atom stereocenters. The summed E-state index contributed by atoms with van der Waals surface area (Å²) in [6.45, 7) is 10.9. The summed E-state index contributed by atoms with van der Waals surface area (Å²) >= 11 is 0. The number of nitrogens with zero attached hydrogens (tertiary/aromatic N) is 1. The van der Waals surface area contributed by atoms with Crippen LogP contribution in [-0.2, 0) is 14.4 Å². The Bertz CT molecular complexity index is 1020. The number of carboxylic acids is 1. The van der Waals surface area contributed by atoms with Crippen LogP contribution in [0.2, 0.25) is 0 Å². The summed E-state index contributed by atoms with van der Waals surface area (Å²) in [7, 11) is 0. The van der Waals surface area contributed by atoms with Gasteiger partial charge in [-0.2, -0.15) is 0 Å². The van der Waals surface area contributed by atoms with E-state index in [4.69, 9.17) is 9.84 Å². The van der Waals surface area contributed by atoms with Gasteiger partial charge in [0.15, 0.2) is 18.2 Å². The second kappa shape index (κ2) is 8.15. The van der Waals surface area contributed by atoms with Gasteiger partial charge in [0, 0.05) is 47.8 Å². The van der Waals surface area contributed by atoms with Crippen LogP contribution in [0.1, 0.15) is 71.8 Å². The van der Waals surface area contributed by atoms with Crippen molar-refractivity contribution in [3.8, 4) is 5.75 Å². The van der Waals surface area contributed by atoms with E-state index in [2.05, 4.69) is 39.5 Å². The molecule has 0 aromatic heterocycles. The van der Waals surface area contributed by atoms with Gasteiger partial charge in [-0.1, -0.05) is 39.8 Å². The quantitative estimate of drug-likeness (QED) is 0.689. The van der Waals surface area contributed by atoms with Gasteiger partial charge in [0.05, 0.1) is 0 Å². The molecule has 176 valence electrons. The Morgan fingerprint density at radius 2 is 1.42 bits per heavy atom. The molecule has 1 heterocycles. The summed E-state index contributed by atoms with van der Waals surface area (Å²) in [5.74, 6) is -0.761. The Hall–Kier alpha value is -2.89. The van der Waals surface area contributed by atoms with E-state index in [1.54, 1.807) is 12.1 Å². The minimum Gasteiger partial charge on any atom is -0.482 e. The minimum absolute atomic E-state index is 0.111. The number of carboxylic acid groups (broad SMARTS) is 1. The molecule has 3 aliphatic rings. The number of hydrogen-bond acceptors (Lipinski definition) is 5. The van der Waals surface area contributed by atoms with Crippen molar-refractivity contribution in [3.63, 3.8) is 0 Å². The van der Waals surface area contributed by atoms with Crippen molar-refractivity contribution in [2.75, 3.05) is 13.2 Å². The third-order valence-corrected chi connectivity index (χ3v) is 6.91. The molecule has 0 radical (unpaired) electrons. The van der Waals surface area contributed by atoms with E-state index < -0.39 is 18.5 Å². The number of ketones is 2. The largest absolute Gasteiger partial charge is 0.482 e. The van der Waals surface area contributed by atoms with E-state index in [9.17, 15) is 14.4 Å². The predicted molar refractivity (Wildman–Crippen MR) is 125 cm³/mol. The Morgan fingerprint density at radius 1 is 0.939 bits per heavy atom. The normalized spacial score (nSPS) is 22.3. The highest BCUT2D eigenvalue weighted by molar-refractivity contribution is 6.06. The van der Waals surface area contributed by atoms with Crippen LogP contribution in [0, 0.1) is 10.8 Å². The monoisotopic (exact) mass is 451 g/mol. The van der Waals surface area contributed by atoms with Gasteiger partial charge < -0.3 is 14.7 Å². The van der Waals surface area contributed by atoms with Gasteiger partial charge in [0.1, 0.15) is 5.75 Å². The maximum Gasteiger partial charge on any atom is 0.341 e. The van der Waals surface area contributed by atoms with Crippen LogP contribution in [-0.4, -0.2) is 40.7 Å². The molecule has 0 fully saturated rings. The lowest BCUT2D eigenvalue weighted by Gasteiger charge is -2.48. The number of allylic oxidation sites excluding steroid dienone is 4. The number of aliphatic carboxylic acids is 1. The van der Waals surface area contributed by atoms with Gasteiger partial charge in [-0.25, -0.2) is 4.79 Å². The fourth-order valence-corrected chi connectivity index (χ4v) is 5.66. The summed E-state index contributed by atoms with van der Waals surface area (Å²) in [6.07, 6.45) is 2.51. The zero-order chi connectivity index (χ0) is 24.1. The molecule has 4 rings (SSSR count). The van der Waals surface area contributed by atoms with E-state index in [0.717, 1.165) is 47.5 Å². The van der Waals surface area contributed by atoms with Gasteiger partial charge in [0.25, 0.3) is 0 Å². The van der Waals surface area contributed by atoms with Crippen molar-refractivity contribution in [2.45, 2.75) is 66.2 Å².